The Hall–Kier alpha value is -1.85. The van der Waals surface area contributed by atoms with Gasteiger partial charge in [-0.05, 0) is 6.08 Å². The zero-order valence-corrected chi connectivity index (χ0v) is 6.82. The lowest BCUT2D eigenvalue weighted by Gasteiger charge is -2.10. The molecule has 0 aromatic rings. The summed E-state index contributed by atoms with van der Waals surface area (Å²) in [6.07, 6.45) is 0.478. The summed E-state index contributed by atoms with van der Waals surface area (Å²) in [5, 5.41) is 10.5. The van der Waals surface area contributed by atoms with Crippen molar-refractivity contribution in [1.82, 2.24) is 5.32 Å². The number of carboxylic acid groups (broad SMARTS) is 1. The van der Waals surface area contributed by atoms with Crippen molar-refractivity contribution >= 4 is 17.8 Å². The van der Waals surface area contributed by atoms with Gasteiger partial charge in [0.2, 0.25) is 11.8 Å². The molecule has 0 radical (unpaired) electrons. The zero-order chi connectivity index (χ0) is 10.4. The van der Waals surface area contributed by atoms with Gasteiger partial charge in [0.05, 0.1) is 6.42 Å². The molecular formula is C7H10N2O4. The van der Waals surface area contributed by atoms with Crippen molar-refractivity contribution in [2.24, 2.45) is 5.73 Å². The molecule has 0 saturated carbocycles. The summed E-state index contributed by atoms with van der Waals surface area (Å²) in [5.74, 6) is -2.76. The summed E-state index contributed by atoms with van der Waals surface area (Å²) in [7, 11) is 0. The third-order valence-electron chi connectivity index (χ3n) is 1.21. The summed E-state index contributed by atoms with van der Waals surface area (Å²) >= 11 is 0. The second-order valence-electron chi connectivity index (χ2n) is 2.27. The van der Waals surface area contributed by atoms with Crippen molar-refractivity contribution < 1.29 is 19.5 Å². The molecule has 4 N–H and O–H groups in total. The SMILES string of the molecule is C=CC(=O)N[C@@H](CC(N)=O)C(=O)O. The number of hydrogen-bond donors (Lipinski definition) is 3. The van der Waals surface area contributed by atoms with Gasteiger partial charge in [-0.3, -0.25) is 9.59 Å². The highest BCUT2D eigenvalue weighted by molar-refractivity contribution is 5.92. The number of carbonyl (C=O) groups excluding carboxylic acids is 2. The molecule has 6 nitrogen and oxygen atoms in total. The van der Waals surface area contributed by atoms with Crippen LogP contribution in [0.4, 0.5) is 0 Å². The topological polar surface area (TPSA) is 109 Å². The molecule has 0 aromatic heterocycles. The van der Waals surface area contributed by atoms with E-state index < -0.39 is 30.2 Å². The maximum Gasteiger partial charge on any atom is 0.326 e. The largest absolute Gasteiger partial charge is 0.480 e. The van der Waals surface area contributed by atoms with E-state index in [4.69, 9.17) is 10.8 Å². The van der Waals surface area contributed by atoms with Crippen molar-refractivity contribution in [3.05, 3.63) is 12.7 Å². The normalized spacial score (nSPS) is 11.4. The molecule has 0 aliphatic carbocycles. The Labute approximate surface area is 74.4 Å². The molecule has 0 aliphatic heterocycles. The lowest BCUT2D eigenvalue weighted by Crippen LogP contribution is -2.42. The van der Waals surface area contributed by atoms with E-state index in [9.17, 15) is 14.4 Å². The minimum absolute atomic E-state index is 0.436. The second-order valence-corrected chi connectivity index (χ2v) is 2.27. The van der Waals surface area contributed by atoms with Gasteiger partial charge in [0, 0.05) is 0 Å². The molecule has 13 heavy (non-hydrogen) atoms. The number of carbonyl (C=O) groups is 3. The van der Waals surface area contributed by atoms with E-state index in [-0.39, 0.29) is 0 Å². The third-order valence-corrected chi connectivity index (χ3v) is 1.21. The van der Waals surface area contributed by atoms with Gasteiger partial charge >= 0.3 is 5.97 Å². The average Bonchev–Trinajstić information content (AvgIpc) is 2.02. The molecule has 0 heterocycles. The number of hydrogen-bond acceptors (Lipinski definition) is 3. The van der Waals surface area contributed by atoms with Gasteiger partial charge in [0.25, 0.3) is 0 Å². The highest BCUT2D eigenvalue weighted by Crippen LogP contribution is 1.91. The van der Waals surface area contributed by atoms with Crippen molar-refractivity contribution in [2.75, 3.05) is 0 Å². The van der Waals surface area contributed by atoms with E-state index in [1.807, 2.05) is 5.32 Å². The highest BCUT2D eigenvalue weighted by Gasteiger charge is 2.20. The van der Waals surface area contributed by atoms with E-state index in [2.05, 4.69) is 6.58 Å². The van der Waals surface area contributed by atoms with Gasteiger partial charge < -0.3 is 16.2 Å². The van der Waals surface area contributed by atoms with Crippen LogP contribution in [-0.2, 0) is 14.4 Å². The molecule has 0 bridgehead atoms. The predicted molar refractivity (Wildman–Crippen MR) is 43.6 cm³/mol. The first-order valence-corrected chi connectivity index (χ1v) is 3.41. The number of carboxylic acids is 1. The van der Waals surface area contributed by atoms with E-state index in [1.54, 1.807) is 0 Å². The van der Waals surface area contributed by atoms with Crippen LogP contribution >= 0.6 is 0 Å². The lowest BCUT2D eigenvalue weighted by atomic mass is 10.2. The fourth-order valence-corrected chi connectivity index (χ4v) is 0.632. The molecule has 2 amide bonds. The summed E-state index contributed by atoms with van der Waals surface area (Å²) < 4.78 is 0. The molecule has 1 atom stereocenters. The van der Waals surface area contributed by atoms with Gasteiger partial charge in [0.1, 0.15) is 6.04 Å². The Morgan fingerprint density at radius 3 is 2.38 bits per heavy atom. The molecule has 72 valence electrons. The Kier molecular flexibility index (Phi) is 4.21. The Morgan fingerprint density at radius 2 is 2.08 bits per heavy atom. The molecule has 0 unspecified atom stereocenters. The molecule has 0 saturated heterocycles. The Balaban J connectivity index is 4.26. The summed E-state index contributed by atoms with van der Waals surface area (Å²) in [6, 6.07) is -1.29. The summed E-state index contributed by atoms with van der Waals surface area (Å²) in [5.41, 5.74) is 4.77. The molecular weight excluding hydrogens is 176 g/mol. The fraction of sp³-hybridized carbons (Fsp3) is 0.286. The quantitative estimate of drug-likeness (QED) is 0.459. The van der Waals surface area contributed by atoms with E-state index in [1.165, 1.54) is 0 Å². The number of nitrogens with one attached hydrogen (secondary N) is 1. The molecule has 0 fully saturated rings. The average molecular weight is 186 g/mol. The van der Waals surface area contributed by atoms with Crippen LogP contribution < -0.4 is 11.1 Å². The maximum absolute atomic E-state index is 10.7. The summed E-state index contributed by atoms with van der Waals surface area (Å²) in [4.78, 5) is 31.5. The Morgan fingerprint density at radius 1 is 1.54 bits per heavy atom. The van der Waals surface area contributed by atoms with Crippen LogP contribution in [0.25, 0.3) is 0 Å². The molecule has 0 aromatic carbocycles. The number of rotatable bonds is 5. The van der Waals surface area contributed by atoms with Gasteiger partial charge in [-0.15, -0.1) is 0 Å². The second kappa shape index (κ2) is 4.91. The number of nitrogens with two attached hydrogens (primary N) is 1. The van der Waals surface area contributed by atoms with E-state index in [0.29, 0.717) is 0 Å². The first kappa shape index (κ1) is 11.2. The molecule has 0 spiro atoms. The molecule has 0 aliphatic rings. The van der Waals surface area contributed by atoms with Gasteiger partial charge in [-0.25, -0.2) is 4.79 Å². The molecule has 6 heteroatoms. The zero-order valence-electron chi connectivity index (χ0n) is 6.82. The number of primary amides is 1. The van der Waals surface area contributed by atoms with Crippen LogP contribution in [-0.4, -0.2) is 28.9 Å². The lowest BCUT2D eigenvalue weighted by molar-refractivity contribution is -0.142. The first-order valence-electron chi connectivity index (χ1n) is 3.41. The van der Waals surface area contributed by atoms with E-state index in [0.717, 1.165) is 6.08 Å². The third kappa shape index (κ3) is 4.57. The monoisotopic (exact) mass is 186 g/mol. The minimum Gasteiger partial charge on any atom is -0.480 e. The Bertz CT molecular complexity index is 249. The number of aliphatic carboxylic acids is 1. The predicted octanol–water partition coefficient (Wildman–Crippen LogP) is -1.38. The van der Waals surface area contributed by atoms with Crippen molar-refractivity contribution in [3.63, 3.8) is 0 Å². The van der Waals surface area contributed by atoms with Crippen LogP contribution in [0, 0.1) is 0 Å². The van der Waals surface area contributed by atoms with Crippen molar-refractivity contribution in [1.29, 1.82) is 0 Å². The van der Waals surface area contributed by atoms with Crippen molar-refractivity contribution in [2.45, 2.75) is 12.5 Å². The summed E-state index contributed by atoms with van der Waals surface area (Å²) in [6.45, 7) is 3.13. The standard InChI is InChI=1S/C7H10N2O4/c1-2-6(11)9-4(7(12)13)3-5(8)10/h2,4H,1,3H2,(H2,8,10)(H,9,11)(H,12,13)/t4-/m0/s1. The van der Waals surface area contributed by atoms with Crippen LogP contribution in [0.5, 0.6) is 0 Å². The van der Waals surface area contributed by atoms with Gasteiger partial charge in [-0.2, -0.15) is 0 Å². The van der Waals surface area contributed by atoms with Crippen LogP contribution in [0.3, 0.4) is 0 Å². The van der Waals surface area contributed by atoms with Crippen LogP contribution in [0.2, 0.25) is 0 Å². The minimum atomic E-state index is -1.31. The fourth-order valence-electron chi connectivity index (χ4n) is 0.632. The highest BCUT2D eigenvalue weighted by atomic mass is 16.4. The first-order chi connectivity index (χ1) is 5.97. The van der Waals surface area contributed by atoms with Crippen molar-refractivity contribution in [3.8, 4) is 0 Å². The van der Waals surface area contributed by atoms with E-state index >= 15 is 0 Å². The molecule has 0 rings (SSSR count). The maximum atomic E-state index is 10.7. The van der Waals surface area contributed by atoms with Gasteiger partial charge in [0.15, 0.2) is 0 Å². The van der Waals surface area contributed by atoms with Crippen LogP contribution in [0.1, 0.15) is 6.42 Å². The number of amides is 2. The van der Waals surface area contributed by atoms with Gasteiger partial charge in [-0.1, -0.05) is 6.58 Å². The smallest absolute Gasteiger partial charge is 0.326 e. The van der Waals surface area contributed by atoms with Crippen LogP contribution in [0.15, 0.2) is 12.7 Å².